The quantitative estimate of drug-likeness (QED) is 0.587. The molecular weight excluding hydrogens is 418 g/mol. The fourth-order valence-electron chi connectivity index (χ4n) is 3.79. The van der Waals surface area contributed by atoms with E-state index in [0.29, 0.717) is 16.2 Å². The second-order valence-corrected chi connectivity index (χ2v) is 9.86. The smallest absolute Gasteiger partial charge is 0.207 e. The van der Waals surface area contributed by atoms with E-state index in [-0.39, 0.29) is 23.7 Å². The number of aromatic nitrogens is 1. The molecular formula is C24H20ClNO3S. The summed E-state index contributed by atoms with van der Waals surface area (Å²) < 4.78 is 26.0. The number of halogens is 1. The van der Waals surface area contributed by atoms with E-state index in [1.165, 1.54) is 0 Å². The lowest BCUT2D eigenvalue weighted by atomic mass is 9.84. The van der Waals surface area contributed by atoms with E-state index >= 15 is 0 Å². The molecule has 4 rings (SSSR count). The van der Waals surface area contributed by atoms with Crippen LogP contribution >= 0.6 is 11.6 Å². The molecule has 152 valence electrons. The summed E-state index contributed by atoms with van der Waals surface area (Å²) in [5.74, 6) is -0.122. The number of carbonyl (C=O) groups excluding carboxylic acids is 1. The molecule has 0 radical (unpaired) electrons. The van der Waals surface area contributed by atoms with Crippen LogP contribution in [0.5, 0.6) is 0 Å². The number of benzene rings is 2. The van der Waals surface area contributed by atoms with Crippen LogP contribution in [0.15, 0.2) is 102 Å². The Kier molecular flexibility index (Phi) is 5.50. The van der Waals surface area contributed by atoms with Crippen molar-refractivity contribution in [2.45, 2.75) is 22.6 Å². The first-order valence-corrected chi connectivity index (χ1v) is 11.4. The van der Waals surface area contributed by atoms with Gasteiger partial charge in [-0.05, 0) is 41.0 Å². The molecule has 1 aromatic heterocycles. The number of hydrogen-bond acceptors (Lipinski definition) is 3. The fourth-order valence-corrected chi connectivity index (χ4v) is 5.93. The number of Topliss-reactive ketones (excluding diaryl/α,β-unsaturated/α-hetero) is 1. The summed E-state index contributed by atoms with van der Waals surface area (Å²) in [6, 6.07) is 19.4. The number of H-pyrrole nitrogens is 1. The van der Waals surface area contributed by atoms with Crippen LogP contribution in [0.4, 0.5) is 0 Å². The number of aromatic amines is 1. The minimum atomic E-state index is -3.84. The Morgan fingerprint density at radius 3 is 2.53 bits per heavy atom. The van der Waals surface area contributed by atoms with E-state index in [1.807, 2.05) is 12.1 Å². The first-order valence-electron chi connectivity index (χ1n) is 9.52. The zero-order valence-corrected chi connectivity index (χ0v) is 17.7. The maximum atomic E-state index is 13.7. The van der Waals surface area contributed by atoms with E-state index in [9.17, 15) is 13.2 Å². The van der Waals surface area contributed by atoms with E-state index in [4.69, 9.17) is 11.6 Å². The highest BCUT2D eigenvalue weighted by atomic mass is 35.5. The van der Waals surface area contributed by atoms with Crippen molar-refractivity contribution < 1.29 is 13.2 Å². The molecule has 1 aliphatic carbocycles. The predicted octanol–water partition coefficient (Wildman–Crippen LogP) is 5.04. The highest BCUT2D eigenvalue weighted by Gasteiger charge is 2.47. The van der Waals surface area contributed by atoms with Gasteiger partial charge in [0.15, 0.2) is 5.78 Å². The second kappa shape index (κ2) is 8.09. The third-order valence-electron chi connectivity index (χ3n) is 5.33. The van der Waals surface area contributed by atoms with E-state index in [1.54, 1.807) is 79.0 Å². The highest BCUT2D eigenvalue weighted by molar-refractivity contribution is 7.92. The molecule has 0 bridgehead atoms. The number of sulfone groups is 1. The largest absolute Gasteiger partial charge is 0.352 e. The Labute approximate surface area is 180 Å². The van der Waals surface area contributed by atoms with E-state index in [2.05, 4.69) is 4.98 Å². The first kappa shape index (κ1) is 20.4. The minimum Gasteiger partial charge on any atom is -0.352 e. The van der Waals surface area contributed by atoms with Gasteiger partial charge in [0.2, 0.25) is 9.84 Å². The summed E-state index contributed by atoms with van der Waals surface area (Å²) in [6.07, 6.45) is 6.86. The summed E-state index contributed by atoms with van der Waals surface area (Å²) in [7, 11) is -3.84. The first-order chi connectivity index (χ1) is 14.4. The molecule has 0 amide bonds. The summed E-state index contributed by atoms with van der Waals surface area (Å²) in [5.41, 5.74) is 1.88. The third-order valence-corrected chi connectivity index (χ3v) is 7.87. The molecule has 0 aliphatic heterocycles. The van der Waals surface area contributed by atoms with Gasteiger partial charge < -0.3 is 4.98 Å². The molecule has 0 fully saturated rings. The third kappa shape index (κ3) is 3.66. The van der Waals surface area contributed by atoms with Crippen LogP contribution in [-0.2, 0) is 25.8 Å². The van der Waals surface area contributed by atoms with Gasteiger partial charge >= 0.3 is 0 Å². The van der Waals surface area contributed by atoms with E-state index < -0.39 is 14.6 Å². The molecule has 0 saturated heterocycles. The molecule has 0 saturated carbocycles. The second-order valence-electron chi connectivity index (χ2n) is 7.25. The molecule has 1 atom stereocenters. The minimum absolute atomic E-state index is 0.0638. The predicted molar refractivity (Wildman–Crippen MR) is 118 cm³/mol. The van der Waals surface area contributed by atoms with Gasteiger partial charge in [0.1, 0.15) is 9.77 Å². The Balaban J connectivity index is 1.74. The summed E-state index contributed by atoms with van der Waals surface area (Å²) in [4.78, 5) is 15.9. The highest BCUT2D eigenvalue weighted by Crippen LogP contribution is 2.43. The summed E-state index contributed by atoms with van der Waals surface area (Å²) in [5, 5.41) is 0.685. The van der Waals surface area contributed by atoms with Crippen LogP contribution in [-0.4, -0.2) is 19.2 Å². The molecule has 0 spiro atoms. The van der Waals surface area contributed by atoms with Crippen LogP contribution in [0.1, 0.15) is 17.5 Å². The lowest BCUT2D eigenvalue weighted by molar-refractivity contribution is -0.115. The monoisotopic (exact) mass is 437 g/mol. The van der Waals surface area contributed by atoms with Crippen molar-refractivity contribution in [1.29, 1.82) is 0 Å². The fraction of sp³-hybridized carbons (Fsp3) is 0.125. The van der Waals surface area contributed by atoms with Gasteiger partial charge in [0.05, 0.1) is 0 Å². The number of ketones is 1. The maximum Gasteiger partial charge on any atom is 0.207 e. The van der Waals surface area contributed by atoms with Crippen LogP contribution in [0.2, 0.25) is 5.02 Å². The molecule has 1 unspecified atom stereocenters. The number of carbonyl (C=O) groups is 1. The Morgan fingerprint density at radius 2 is 1.83 bits per heavy atom. The van der Waals surface area contributed by atoms with Crippen LogP contribution in [0.3, 0.4) is 0 Å². The average Bonchev–Trinajstić information content (AvgIpc) is 3.30. The number of rotatable bonds is 6. The number of nitrogens with one attached hydrogen (secondary N) is 1. The zero-order chi connectivity index (χ0) is 21.2. The molecule has 1 aliphatic rings. The Morgan fingerprint density at radius 1 is 1.03 bits per heavy atom. The Bertz CT molecular complexity index is 1230. The summed E-state index contributed by atoms with van der Waals surface area (Å²) >= 11 is 6.04. The van der Waals surface area contributed by atoms with Crippen molar-refractivity contribution in [1.82, 2.24) is 4.98 Å². The molecule has 1 N–H and O–H groups in total. The summed E-state index contributed by atoms with van der Waals surface area (Å²) in [6.45, 7) is 0. The van der Waals surface area contributed by atoms with Gasteiger partial charge in [-0.2, -0.15) is 0 Å². The average molecular weight is 438 g/mol. The molecule has 30 heavy (non-hydrogen) atoms. The maximum absolute atomic E-state index is 13.7. The van der Waals surface area contributed by atoms with Gasteiger partial charge in [-0.25, -0.2) is 8.42 Å². The SMILES string of the molecule is O=C(Cc1cccc(Cl)c1)C1=CC=CC(c2ccccc2)(S(=O)(=O)c2ccc[nH]2)C1. The van der Waals surface area contributed by atoms with Gasteiger partial charge in [0.25, 0.3) is 0 Å². The zero-order valence-electron chi connectivity index (χ0n) is 16.1. The van der Waals surface area contributed by atoms with Crippen molar-refractivity contribution in [3.8, 4) is 0 Å². The van der Waals surface area contributed by atoms with Gasteiger partial charge in [0, 0.05) is 24.1 Å². The van der Waals surface area contributed by atoms with Crippen LogP contribution < -0.4 is 0 Å². The molecule has 2 aromatic carbocycles. The van der Waals surface area contributed by atoms with Crippen LogP contribution in [0, 0.1) is 0 Å². The lowest BCUT2D eigenvalue weighted by Gasteiger charge is -2.33. The Hall–Kier alpha value is -2.89. The standard InChI is InChI=1S/C24H20ClNO3S/c25-21-11-4-7-18(15-21)16-22(27)19-8-5-13-24(17-19,20-9-2-1-3-10-20)30(28,29)23-12-6-14-26-23/h1-15,26H,16-17H2. The van der Waals surface area contributed by atoms with Crippen molar-refractivity contribution >= 4 is 27.2 Å². The number of allylic oxidation sites excluding steroid dienone is 3. The molecule has 4 nitrogen and oxygen atoms in total. The lowest BCUT2D eigenvalue weighted by Crippen LogP contribution is -2.37. The van der Waals surface area contributed by atoms with Crippen LogP contribution in [0.25, 0.3) is 0 Å². The van der Waals surface area contributed by atoms with Crippen molar-refractivity contribution in [3.63, 3.8) is 0 Å². The molecule has 1 heterocycles. The van der Waals surface area contributed by atoms with Gasteiger partial charge in [-0.1, -0.05) is 72.3 Å². The van der Waals surface area contributed by atoms with E-state index in [0.717, 1.165) is 5.56 Å². The molecule has 3 aromatic rings. The topological polar surface area (TPSA) is 67.0 Å². The van der Waals surface area contributed by atoms with Gasteiger partial charge in [-0.15, -0.1) is 0 Å². The number of hydrogen-bond donors (Lipinski definition) is 1. The normalized spacial score (nSPS) is 18.8. The van der Waals surface area contributed by atoms with Crippen molar-refractivity contribution in [3.05, 3.63) is 113 Å². The van der Waals surface area contributed by atoms with Crippen molar-refractivity contribution in [2.24, 2.45) is 0 Å². The molecule has 6 heteroatoms. The van der Waals surface area contributed by atoms with Crippen molar-refractivity contribution in [2.75, 3.05) is 0 Å². The van der Waals surface area contributed by atoms with Gasteiger partial charge in [-0.3, -0.25) is 4.79 Å².